The second kappa shape index (κ2) is 7.16. The van der Waals surface area contributed by atoms with Crippen LogP contribution in [-0.4, -0.2) is 39.3 Å². The Morgan fingerprint density at radius 2 is 2.15 bits per heavy atom. The van der Waals surface area contributed by atoms with Crippen molar-refractivity contribution in [2.45, 2.75) is 24.3 Å². The van der Waals surface area contributed by atoms with Gasteiger partial charge in [-0.05, 0) is 40.5 Å². The van der Waals surface area contributed by atoms with Crippen LogP contribution in [0.2, 0.25) is 0 Å². The molecule has 0 heterocycles. The molecule has 0 radical (unpaired) electrons. The molecule has 1 rings (SSSR count). The lowest BCUT2D eigenvalue weighted by atomic mass is 10.2. The number of benzene rings is 1. The zero-order valence-electron chi connectivity index (χ0n) is 11.1. The molecule has 8 heteroatoms. The summed E-state index contributed by atoms with van der Waals surface area (Å²) < 4.78 is 32.3. The van der Waals surface area contributed by atoms with Gasteiger partial charge in [-0.1, -0.05) is 6.92 Å². The molecule has 0 fully saturated rings. The van der Waals surface area contributed by atoms with E-state index in [-0.39, 0.29) is 23.1 Å². The zero-order chi connectivity index (χ0) is 15.3. The predicted molar refractivity (Wildman–Crippen MR) is 77.4 cm³/mol. The molecule has 0 aliphatic carbocycles. The molecule has 112 valence electrons. The van der Waals surface area contributed by atoms with Gasteiger partial charge in [-0.3, -0.25) is 0 Å². The number of hydrogen-bond acceptors (Lipinski definition) is 4. The summed E-state index contributed by atoms with van der Waals surface area (Å²) in [6, 6.07) is 3.48. The number of ether oxygens (including phenoxy) is 1. The molecule has 1 unspecified atom stereocenters. The Morgan fingerprint density at radius 1 is 1.50 bits per heavy atom. The minimum Gasteiger partial charge on any atom is -0.478 e. The van der Waals surface area contributed by atoms with Crippen molar-refractivity contribution in [2.24, 2.45) is 0 Å². The first kappa shape index (κ1) is 17.1. The van der Waals surface area contributed by atoms with Gasteiger partial charge in [0, 0.05) is 17.6 Å². The molecule has 1 aromatic carbocycles. The van der Waals surface area contributed by atoms with Gasteiger partial charge in [0.15, 0.2) is 0 Å². The summed E-state index contributed by atoms with van der Waals surface area (Å²) in [5.41, 5.74) is -0.0895. The standard InChI is InChI=1S/C12H16BrNO5S/c1-3-9(7-19-2)14-20(17,18)11-6-8(12(15)16)4-5-10(11)13/h4-6,9,14H,3,7H2,1-2H3,(H,15,16). The van der Waals surface area contributed by atoms with E-state index < -0.39 is 16.0 Å². The minimum atomic E-state index is -3.82. The second-order valence-corrected chi connectivity index (χ2v) is 6.67. The number of nitrogens with one attached hydrogen (secondary N) is 1. The van der Waals surface area contributed by atoms with Gasteiger partial charge >= 0.3 is 5.97 Å². The lowest BCUT2D eigenvalue weighted by molar-refractivity contribution is 0.0696. The molecule has 0 aliphatic heterocycles. The monoisotopic (exact) mass is 365 g/mol. The number of sulfonamides is 1. The van der Waals surface area contributed by atoms with Crippen molar-refractivity contribution in [3.05, 3.63) is 28.2 Å². The highest BCUT2D eigenvalue weighted by Crippen LogP contribution is 2.23. The summed E-state index contributed by atoms with van der Waals surface area (Å²) in [4.78, 5) is 10.8. The maximum Gasteiger partial charge on any atom is 0.335 e. The van der Waals surface area contributed by atoms with Crippen molar-refractivity contribution in [1.29, 1.82) is 0 Å². The van der Waals surface area contributed by atoms with Crippen molar-refractivity contribution in [3.8, 4) is 0 Å². The van der Waals surface area contributed by atoms with Crippen LogP contribution in [0.1, 0.15) is 23.7 Å². The summed E-state index contributed by atoms with van der Waals surface area (Å²) in [7, 11) is -2.34. The Morgan fingerprint density at radius 3 is 2.65 bits per heavy atom. The number of carboxylic acid groups (broad SMARTS) is 1. The summed E-state index contributed by atoms with van der Waals surface area (Å²) in [6.45, 7) is 2.07. The molecular formula is C12H16BrNO5S. The molecule has 2 N–H and O–H groups in total. The van der Waals surface area contributed by atoms with E-state index in [4.69, 9.17) is 9.84 Å². The fourth-order valence-corrected chi connectivity index (χ4v) is 3.85. The van der Waals surface area contributed by atoms with Gasteiger partial charge in [-0.25, -0.2) is 17.9 Å². The topological polar surface area (TPSA) is 92.7 Å². The Balaban J connectivity index is 3.14. The van der Waals surface area contributed by atoms with E-state index in [9.17, 15) is 13.2 Å². The van der Waals surface area contributed by atoms with Gasteiger partial charge in [0.2, 0.25) is 10.0 Å². The highest BCUT2D eigenvalue weighted by Gasteiger charge is 2.22. The van der Waals surface area contributed by atoms with Crippen molar-refractivity contribution in [2.75, 3.05) is 13.7 Å². The van der Waals surface area contributed by atoms with Crippen LogP contribution in [0.15, 0.2) is 27.6 Å². The number of hydrogen-bond donors (Lipinski definition) is 2. The van der Waals surface area contributed by atoms with E-state index in [1.165, 1.54) is 19.2 Å². The first-order valence-corrected chi connectivity index (χ1v) is 8.13. The number of rotatable bonds is 7. The fraction of sp³-hybridized carbons (Fsp3) is 0.417. The van der Waals surface area contributed by atoms with Gasteiger partial charge in [0.25, 0.3) is 0 Å². The van der Waals surface area contributed by atoms with E-state index in [0.717, 1.165) is 6.07 Å². The molecular weight excluding hydrogens is 350 g/mol. The first-order chi connectivity index (χ1) is 9.31. The van der Waals surface area contributed by atoms with Crippen LogP contribution in [0, 0.1) is 0 Å². The second-order valence-electron chi connectivity index (χ2n) is 4.13. The Kier molecular flexibility index (Phi) is 6.12. The fourth-order valence-electron chi connectivity index (χ4n) is 1.56. The predicted octanol–water partition coefficient (Wildman–Crippen LogP) is 1.85. The minimum absolute atomic E-state index is 0.0895. The SMILES string of the molecule is CCC(COC)NS(=O)(=O)c1cc(C(=O)O)ccc1Br. The van der Waals surface area contributed by atoms with Crippen LogP contribution in [-0.2, 0) is 14.8 Å². The molecule has 0 aromatic heterocycles. The molecule has 0 amide bonds. The lowest BCUT2D eigenvalue weighted by Crippen LogP contribution is -2.37. The third-order valence-corrected chi connectivity index (χ3v) is 5.16. The van der Waals surface area contributed by atoms with Gasteiger partial charge in [-0.15, -0.1) is 0 Å². The molecule has 0 saturated heterocycles. The van der Waals surface area contributed by atoms with Crippen LogP contribution in [0.3, 0.4) is 0 Å². The molecule has 0 spiro atoms. The van der Waals surface area contributed by atoms with Gasteiger partial charge < -0.3 is 9.84 Å². The zero-order valence-corrected chi connectivity index (χ0v) is 13.5. The molecule has 0 saturated carbocycles. The largest absolute Gasteiger partial charge is 0.478 e. The normalized spacial score (nSPS) is 13.2. The Hall–Kier alpha value is -0.960. The molecule has 0 bridgehead atoms. The van der Waals surface area contributed by atoms with Gasteiger partial charge in [0.1, 0.15) is 0 Å². The summed E-state index contributed by atoms with van der Waals surface area (Å²) >= 11 is 3.12. The van der Waals surface area contributed by atoms with E-state index in [0.29, 0.717) is 10.9 Å². The first-order valence-electron chi connectivity index (χ1n) is 5.86. The van der Waals surface area contributed by atoms with Gasteiger partial charge in [-0.2, -0.15) is 0 Å². The van der Waals surface area contributed by atoms with Crippen molar-refractivity contribution >= 4 is 31.9 Å². The van der Waals surface area contributed by atoms with E-state index in [2.05, 4.69) is 20.7 Å². The van der Waals surface area contributed by atoms with Crippen LogP contribution >= 0.6 is 15.9 Å². The third-order valence-electron chi connectivity index (χ3n) is 2.65. The average Bonchev–Trinajstić information content (AvgIpc) is 2.37. The maximum atomic E-state index is 12.3. The summed E-state index contributed by atoms with van der Waals surface area (Å²) in [5.74, 6) is -1.18. The van der Waals surface area contributed by atoms with Crippen molar-refractivity contribution in [1.82, 2.24) is 4.72 Å². The quantitative estimate of drug-likeness (QED) is 0.768. The van der Waals surface area contributed by atoms with Crippen LogP contribution < -0.4 is 4.72 Å². The van der Waals surface area contributed by atoms with Crippen molar-refractivity contribution in [3.63, 3.8) is 0 Å². The number of carbonyl (C=O) groups is 1. The molecule has 1 aromatic rings. The molecule has 20 heavy (non-hydrogen) atoms. The Bertz CT molecular complexity index is 588. The van der Waals surface area contributed by atoms with Crippen molar-refractivity contribution < 1.29 is 23.1 Å². The van der Waals surface area contributed by atoms with Crippen LogP contribution in [0.5, 0.6) is 0 Å². The summed E-state index contributed by atoms with van der Waals surface area (Å²) in [6.07, 6.45) is 0.559. The molecule has 6 nitrogen and oxygen atoms in total. The van der Waals surface area contributed by atoms with Crippen LogP contribution in [0.25, 0.3) is 0 Å². The number of halogens is 1. The number of methoxy groups -OCH3 is 1. The molecule has 0 aliphatic rings. The smallest absolute Gasteiger partial charge is 0.335 e. The highest BCUT2D eigenvalue weighted by atomic mass is 79.9. The van der Waals surface area contributed by atoms with E-state index in [1.807, 2.05) is 6.92 Å². The van der Waals surface area contributed by atoms with Crippen LogP contribution in [0.4, 0.5) is 0 Å². The van der Waals surface area contributed by atoms with E-state index >= 15 is 0 Å². The lowest BCUT2D eigenvalue weighted by Gasteiger charge is -2.17. The third kappa shape index (κ3) is 4.27. The van der Waals surface area contributed by atoms with Gasteiger partial charge in [0.05, 0.1) is 17.1 Å². The average molecular weight is 366 g/mol. The number of aromatic carboxylic acids is 1. The Labute approximate surface area is 126 Å². The highest BCUT2D eigenvalue weighted by molar-refractivity contribution is 9.10. The maximum absolute atomic E-state index is 12.3. The number of carboxylic acids is 1. The summed E-state index contributed by atoms with van der Waals surface area (Å²) in [5, 5.41) is 8.93. The molecule has 1 atom stereocenters. The van der Waals surface area contributed by atoms with E-state index in [1.54, 1.807) is 0 Å².